The Morgan fingerprint density at radius 3 is 2.49 bits per heavy atom. The first-order chi connectivity index (χ1) is 17.1. The number of aromatic amines is 1. The minimum atomic E-state index is -0.384. The molecule has 1 aliphatic heterocycles. The molecule has 0 spiro atoms. The lowest BCUT2D eigenvalue weighted by atomic mass is 9.84. The van der Waals surface area contributed by atoms with Gasteiger partial charge in [0.05, 0.1) is 0 Å². The zero-order valence-corrected chi connectivity index (χ0v) is 20.0. The number of H-pyrrole nitrogens is 1. The van der Waals surface area contributed by atoms with Gasteiger partial charge in [0.1, 0.15) is 17.7 Å². The zero-order valence-electron chi connectivity index (χ0n) is 20.0. The van der Waals surface area contributed by atoms with Crippen LogP contribution in [0.5, 0.6) is 11.6 Å². The molecule has 3 aromatic rings. The van der Waals surface area contributed by atoms with Crippen molar-refractivity contribution in [2.24, 2.45) is 5.92 Å². The maximum atomic E-state index is 13.1. The van der Waals surface area contributed by atoms with Crippen LogP contribution in [-0.4, -0.2) is 47.8 Å². The lowest BCUT2D eigenvalue weighted by Gasteiger charge is -2.34. The van der Waals surface area contributed by atoms with E-state index in [0.717, 1.165) is 74.8 Å². The number of nitrogens with one attached hydrogen (secondary N) is 2. The van der Waals surface area contributed by atoms with Crippen molar-refractivity contribution >= 4 is 17.0 Å². The smallest absolute Gasteiger partial charge is 0.414 e. The standard InChI is InChI=1S/C28H34FN3O3/c29-22-7-11-24(12-8-22)34-25-14-17-32(18-15-25)16-13-20-5-9-23(10-6-20)30-28(33)35-27-19-21-3-1-2-4-26(21)31-27/h1-4,7-8,11-12,19-20,23,25,31H,5-6,9-10,13-18H2,(H,30,33)/t20-,23-. The van der Waals surface area contributed by atoms with Gasteiger partial charge in [0.25, 0.3) is 0 Å². The van der Waals surface area contributed by atoms with Crippen LogP contribution in [0.4, 0.5) is 9.18 Å². The van der Waals surface area contributed by atoms with Crippen LogP contribution in [0.2, 0.25) is 0 Å². The number of halogens is 1. The van der Waals surface area contributed by atoms with Gasteiger partial charge in [-0.05, 0) is 87.7 Å². The second-order valence-electron chi connectivity index (χ2n) is 9.87. The van der Waals surface area contributed by atoms with Gasteiger partial charge in [-0.1, -0.05) is 18.2 Å². The largest absolute Gasteiger partial charge is 0.490 e. The average Bonchev–Trinajstić information content (AvgIpc) is 3.28. The normalized spacial score (nSPS) is 21.6. The molecule has 5 rings (SSSR count). The fraction of sp³-hybridized carbons (Fsp3) is 0.464. The summed E-state index contributed by atoms with van der Waals surface area (Å²) in [5.41, 5.74) is 0.959. The number of hydrogen-bond donors (Lipinski definition) is 2. The van der Waals surface area contributed by atoms with Crippen LogP contribution in [0.3, 0.4) is 0 Å². The van der Waals surface area contributed by atoms with Gasteiger partial charge in [-0.15, -0.1) is 0 Å². The van der Waals surface area contributed by atoms with E-state index in [9.17, 15) is 9.18 Å². The third-order valence-electron chi connectivity index (χ3n) is 7.38. The summed E-state index contributed by atoms with van der Waals surface area (Å²) >= 11 is 0. The van der Waals surface area contributed by atoms with Crippen LogP contribution in [0.1, 0.15) is 44.9 Å². The minimum absolute atomic E-state index is 0.183. The van der Waals surface area contributed by atoms with E-state index >= 15 is 0 Å². The van der Waals surface area contributed by atoms with Crippen molar-refractivity contribution in [2.75, 3.05) is 19.6 Å². The van der Waals surface area contributed by atoms with Crippen molar-refractivity contribution in [3.05, 3.63) is 60.4 Å². The lowest BCUT2D eigenvalue weighted by molar-refractivity contribution is 0.0948. The maximum absolute atomic E-state index is 13.1. The van der Waals surface area contributed by atoms with Crippen molar-refractivity contribution < 1.29 is 18.7 Å². The second kappa shape index (κ2) is 11.1. The molecule has 2 fully saturated rings. The number of carbonyl (C=O) groups excluding carboxylic acids is 1. The van der Waals surface area contributed by atoms with Crippen molar-refractivity contribution in [3.8, 4) is 11.6 Å². The number of para-hydroxylation sites is 1. The van der Waals surface area contributed by atoms with Gasteiger partial charge < -0.3 is 24.7 Å². The summed E-state index contributed by atoms with van der Waals surface area (Å²) in [5, 5.41) is 4.07. The zero-order chi connectivity index (χ0) is 24.0. The van der Waals surface area contributed by atoms with E-state index in [1.165, 1.54) is 18.6 Å². The van der Waals surface area contributed by atoms with Crippen LogP contribution >= 0.6 is 0 Å². The molecule has 2 N–H and O–H groups in total. The molecule has 1 amide bonds. The number of amides is 1. The van der Waals surface area contributed by atoms with Crippen molar-refractivity contribution in [1.82, 2.24) is 15.2 Å². The number of likely N-dealkylation sites (tertiary alicyclic amines) is 1. The number of benzene rings is 2. The number of carbonyl (C=O) groups is 1. The minimum Gasteiger partial charge on any atom is -0.490 e. The summed E-state index contributed by atoms with van der Waals surface area (Å²) in [6.45, 7) is 3.21. The van der Waals surface area contributed by atoms with E-state index < -0.39 is 0 Å². The molecule has 0 unspecified atom stereocenters. The Bertz CT molecular complexity index is 1070. The first-order valence-electron chi connectivity index (χ1n) is 12.8. The fourth-order valence-electron chi connectivity index (χ4n) is 5.31. The molecule has 35 heavy (non-hydrogen) atoms. The van der Waals surface area contributed by atoms with Gasteiger partial charge in [-0.2, -0.15) is 0 Å². The van der Waals surface area contributed by atoms with Crippen molar-refractivity contribution in [1.29, 1.82) is 0 Å². The Morgan fingerprint density at radius 1 is 1.00 bits per heavy atom. The summed E-state index contributed by atoms with van der Waals surface area (Å²) in [4.78, 5) is 18.0. The number of ether oxygens (including phenoxy) is 2. The van der Waals surface area contributed by atoms with E-state index in [4.69, 9.17) is 9.47 Å². The molecule has 1 saturated carbocycles. The quantitative estimate of drug-likeness (QED) is 0.444. The number of nitrogens with zero attached hydrogens (tertiary/aromatic N) is 1. The molecular weight excluding hydrogens is 445 g/mol. The Morgan fingerprint density at radius 2 is 1.74 bits per heavy atom. The highest BCUT2D eigenvalue weighted by Gasteiger charge is 2.25. The van der Waals surface area contributed by atoms with Crippen LogP contribution in [0, 0.1) is 11.7 Å². The molecule has 0 bridgehead atoms. The van der Waals surface area contributed by atoms with Crippen molar-refractivity contribution in [2.45, 2.75) is 57.1 Å². The molecule has 1 saturated heterocycles. The molecular formula is C28H34FN3O3. The molecule has 7 heteroatoms. The van der Waals surface area contributed by atoms with E-state index in [-0.39, 0.29) is 24.1 Å². The van der Waals surface area contributed by atoms with E-state index in [2.05, 4.69) is 15.2 Å². The highest BCUT2D eigenvalue weighted by atomic mass is 19.1. The number of rotatable bonds is 7. The third-order valence-corrected chi connectivity index (χ3v) is 7.38. The molecule has 2 aliphatic rings. The van der Waals surface area contributed by atoms with E-state index in [0.29, 0.717) is 11.8 Å². The second-order valence-corrected chi connectivity index (χ2v) is 9.87. The molecule has 0 radical (unpaired) electrons. The summed E-state index contributed by atoms with van der Waals surface area (Å²) in [6, 6.07) is 16.2. The lowest BCUT2D eigenvalue weighted by Crippen LogP contribution is -2.41. The molecule has 2 aromatic carbocycles. The highest BCUT2D eigenvalue weighted by molar-refractivity contribution is 5.82. The number of piperidine rings is 1. The molecule has 0 atom stereocenters. The molecule has 1 aliphatic carbocycles. The van der Waals surface area contributed by atoms with Gasteiger partial charge >= 0.3 is 6.09 Å². The van der Waals surface area contributed by atoms with E-state index in [1.54, 1.807) is 12.1 Å². The van der Waals surface area contributed by atoms with Gasteiger partial charge in [0.2, 0.25) is 5.88 Å². The number of aromatic nitrogens is 1. The van der Waals surface area contributed by atoms with Gasteiger partial charge in [0.15, 0.2) is 0 Å². The number of hydrogen-bond acceptors (Lipinski definition) is 4. The van der Waals surface area contributed by atoms with E-state index in [1.807, 2.05) is 30.3 Å². The van der Waals surface area contributed by atoms with Crippen LogP contribution in [-0.2, 0) is 0 Å². The average molecular weight is 480 g/mol. The molecule has 6 nitrogen and oxygen atoms in total. The van der Waals surface area contributed by atoms with Crippen LogP contribution in [0.15, 0.2) is 54.6 Å². The highest BCUT2D eigenvalue weighted by Crippen LogP contribution is 2.28. The SMILES string of the molecule is O=C(N[C@H]1CC[C@H](CCN2CCC(Oc3ccc(F)cc3)CC2)CC1)Oc1cc2ccccc2[nH]1. The Balaban J connectivity index is 0.969. The van der Waals surface area contributed by atoms with Crippen LogP contribution < -0.4 is 14.8 Å². The molecule has 186 valence electrons. The summed E-state index contributed by atoms with van der Waals surface area (Å²) in [7, 11) is 0. The molecule has 1 aromatic heterocycles. The Hall–Kier alpha value is -3.06. The maximum Gasteiger partial charge on any atom is 0.414 e. The van der Waals surface area contributed by atoms with Crippen molar-refractivity contribution in [3.63, 3.8) is 0 Å². The third kappa shape index (κ3) is 6.54. The summed E-state index contributed by atoms with van der Waals surface area (Å²) < 4.78 is 24.5. The van der Waals surface area contributed by atoms with Gasteiger partial charge in [0, 0.05) is 36.1 Å². The Kier molecular flexibility index (Phi) is 7.52. The predicted molar refractivity (Wildman–Crippen MR) is 134 cm³/mol. The van der Waals surface area contributed by atoms with Gasteiger partial charge in [-0.25, -0.2) is 9.18 Å². The molecule has 2 heterocycles. The van der Waals surface area contributed by atoms with Gasteiger partial charge in [-0.3, -0.25) is 0 Å². The topological polar surface area (TPSA) is 66.6 Å². The monoisotopic (exact) mass is 479 g/mol. The first kappa shape index (κ1) is 23.7. The summed E-state index contributed by atoms with van der Waals surface area (Å²) in [5.74, 6) is 1.71. The summed E-state index contributed by atoms with van der Waals surface area (Å²) in [6.07, 6.45) is 7.32. The number of fused-ring (bicyclic) bond motifs is 1. The van der Waals surface area contributed by atoms with Crippen LogP contribution in [0.25, 0.3) is 10.9 Å². The fourth-order valence-corrected chi connectivity index (χ4v) is 5.31. The predicted octanol–water partition coefficient (Wildman–Crippen LogP) is 5.89. The Labute approximate surface area is 205 Å². The first-order valence-corrected chi connectivity index (χ1v) is 12.8.